The molecule has 1 aromatic carbocycles. The average Bonchev–Trinajstić information content (AvgIpc) is 2.48. The zero-order valence-electron chi connectivity index (χ0n) is 11.9. The van der Waals surface area contributed by atoms with Gasteiger partial charge in [0.15, 0.2) is 15.6 Å². The van der Waals surface area contributed by atoms with Gasteiger partial charge in [-0.05, 0) is 24.3 Å². The second kappa shape index (κ2) is 6.81. The summed E-state index contributed by atoms with van der Waals surface area (Å²) >= 11 is 1.61. The summed E-state index contributed by atoms with van der Waals surface area (Å²) in [5.41, 5.74) is 0.485. The summed E-state index contributed by atoms with van der Waals surface area (Å²) in [5.74, 6) is 1.41. The van der Waals surface area contributed by atoms with Gasteiger partial charge in [-0.25, -0.2) is 8.42 Å². The summed E-state index contributed by atoms with van der Waals surface area (Å²) in [7, 11) is -3.19. The summed E-state index contributed by atoms with van der Waals surface area (Å²) in [6.45, 7) is 2.32. The fraction of sp³-hybridized carbons (Fsp3) is 0.500. The van der Waals surface area contributed by atoms with Crippen molar-refractivity contribution in [1.82, 2.24) is 4.90 Å². The summed E-state index contributed by atoms with van der Waals surface area (Å²) < 4.78 is 24.3. The molecule has 7 heteroatoms. The number of aromatic hydroxyl groups is 1. The monoisotopic (exact) mass is 329 g/mol. The number of sulfone groups is 1. The number of hydrogen-bond acceptors (Lipinski definition) is 6. The SMILES string of the molecule is CCS(=O)(=O)C1CSCCN1CC(=O)c1ccc(O)cc1. The van der Waals surface area contributed by atoms with E-state index in [0.717, 1.165) is 5.75 Å². The van der Waals surface area contributed by atoms with Crippen LogP contribution in [0.3, 0.4) is 0 Å². The Morgan fingerprint density at radius 1 is 1.38 bits per heavy atom. The normalized spacial score (nSPS) is 20.3. The van der Waals surface area contributed by atoms with Crippen LogP contribution in [0.5, 0.6) is 5.75 Å². The van der Waals surface area contributed by atoms with Gasteiger partial charge in [-0.3, -0.25) is 9.69 Å². The maximum absolute atomic E-state index is 12.3. The predicted octanol–water partition coefficient (Wildman–Crippen LogP) is 1.38. The van der Waals surface area contributed by atoms with Crippen molar-refractivity contribution in [3.8, 4) is 5.75 Å². The quantitative estimate of drug-likeness (QED) is 0.823. The van der Waals surface area contributed by atoms with E-state index in [-0.39, 0.29) is 23.8 Å². The van der Waals surface area contributed by atoms with Gasteiger partial charge in [-0.1, -0.05) is 6.92 Å². The average molecular weight is 329 g/mol. The number of hydrogen-bond donors (Lipinski definition) is 1. The lowest BCUT2D eigenvalue weighted by Gasteiger charge is -2.34. The van der Waals surface area contributed by atoms with Gasteiger partial charge in [-0.15, -0.1) is 0 Å². The molecule has 0 aromatic heterocycles. The fourth-order valence-electron chi connectivity index (χ4n) is 2.24. The number of carbonyl (C=O) groups is 1. The van der Waals surface area contributed by atoms with Crippen LogP contribution in [-0.4, -0.2) is 59.9 Å². The van der Waals surface area contributed by atoms with E-state index in [1.165, 1.54) is 12.1 Å². The van der Waals surface area contributed by atoms with Crippen molar-refractivity contribution in [3.05, 3.63) is 29.8 Å². The van der Waals surface area contributed by atoms with Crippen LogP contribution in [-0.2, 0) is 9.84 Å². The highest BCUT2D eigenvalue weighted by atomic mass is 32.2. The molecule has 1 fully saturated rings. The number of Topliss-reactive ketones (excluding diaryl/α,β-unsaturated/α-hetero) is 1. The Morgan fingerprint density at radius 3 is 2.67 bits per heavy atom. The molecule has 0 bridgehead atoms. The molecule has 0 radical (unpaired) electrons. The Hall–Kier alpha value is -1.05. The first-order valence-electron chi connectivity index (χ1n) is 6.79. The van der Waals surface area contributed by atoms with E-state index in [1.54, 1.807) is 35.7 Å². The van der Waals surface area contributed by atoms with Gasteiger partial charge < -0.3 is 5.11 Å². The Labute approximate surface area is 129 Å². The standard InChI is InChI=1S/C14H19NO4S2/c1-2-21(18,19)14-10-20-8-7-15(14)9-13(17)11-3-5-12(16)6-4-11/h3-6,14,16H,2,7-10H2,1H3. The third-order valence-electron chi connectivity index (χ3n) is 3.54. The van der Waals surface area contributed by atoms with Crippen LogP contribution in [0.2, 0.25) is 0 Å². The maximum atomic E-state index is 12.3. The van der Waals surface area contributed by atoms with Crippen molar-refractivity contribution < 1.29 is 18.3 Å². The van der Waals surface area contributed by atoms with Crippen LogP contribution in [0.1, 0.15) is 17.3 Å². The van der Waals surface area contributed by atoms with Crippen molar-refractivity contribution in [2.75, 3.05) is 30.3 Å². The van der Waals surface area contributed by atoms with Crippen LogP contribution in [0.15, 0.2) is 24.3 Å². The lowest BCUT2D eigenvalue weighted by molar-refractivity contribution is 0.0928. The molecule has 0 amide bonds. The number of phenols is 1. The molecule has 0 saturated carbocycles. The Bertz CT molecular complexity index is 598. The molecule has 1 aliphatic heterocycles. The van der Waals surface area contributed by atoms with E-state index >= 15 is 0 Å². The Morgan fingerprint density at radius 2 is 2.05 bits per heavy atom. The van der Waals surface area contributed by atoms with E-state index < -0.39 is 15.2 Å². The van der Waals surface area contributed by atoms with Crippen LogP contribution in [0.25, 0.3) is 0 Å². The zero-order chi connectivity index (χ0) is 15.5. The minimum absolute atomic E-state index is 0.0854. The molecule has 0 spiro atoms. The molecule has 0 aliphatic carbocycles. The van der Waals surface area contributed by atoms with E-state index in [4.69, 9.17) is 0 Å². The Kier molecular flexibility index (Phi) is 5.29. The molecule has 1 N–H and O–H groups in total. The van der Waals surface area contributed by atoms with E-state index in [0.29, 0.717) is 17.9 Å². The predicted molar refractivity (Wildman–Crippen MR) is 84.6 cm³/mol. The van der Waals surface area contributed by atoms with Gasteiger partial charge in [0, 0.05) is 29.4 Å². The second-order valence-corrected chi connectivity index (χ2v) is 8.52. The lowest BCUT2D eigenvalue weighted by atomic mass is 10.1. The summed E-state index contributed by atoms with van der Waals surface area (Å²) in [6, 6.07) is 6.03. The molecule has 21 heavy (non-hydrogen) atoms. The highest BCUT2D eigenvalue weighted by Gasteiger charge is 2.33. The molecule has 116 valence electrons. The van der Waals surface area contributed by atoms with Crippen LogP contribution < -0.4 is 0 Å². The molecular weight excluding hydrogens is 310 g/mol. The number of rotatable bonds is 5. The topological polar surface area (TPSA) is 74.7 Å². The minimum Gasteiger partial charge on any atom is -0.508 e. The number of phenolic OH excluding ortho intramolecular Hbond substituents is 1. The van der Waals surface area contributed by atoms with E-state index in [2.05, 4.69) is 0 Å². The van der Waals surface area contributed by atoms with Crippen LogP contribution in [0.4, 0.5) is 0 Å². The maximum Gasteiger partial charge on any atom is 0.176 e. The largest absolute Gasteiger partial charge is 0.508 e. The number of thioether (sulfide) groups is 1. The summed E-state index contributed by atoms with van der Waals surface area (Å²) in [4.78, 5) is 14.0. The van der Waals surface area contributed by atoms with Crippen molar-refractivity contribution in [2.45, 2.75) is 12.3 Å². The third kappa shape index (κ3) is 3.99. The molecular formula is C14H19NO4S2. The molecule has 1 saturated heterocycles. The van der Waals surface area contributed by atoms with Gasteiger partial charge in [0.25, 0.3) is 0 Å². The highest BCUT2D eigenvalue weighted by Crippen LogP contribution is 2.22. The number of nitrogens with zero attached hydrogens (tertiary/aromatic N) is 1. The van der Waals surface area contributed by atoms with Crippen molar-refractivity contribution in [2.24, 2.45) is 0 Å². The first-order valence-corrected chi connectivity index (χ1v) is 9.66. The zero-order valence-corrected chi connectivity index (χ0v) is 13.5. The van der Waals surface area contributed by atoms with Crippen molar-refractivity contribution in [3.63, 3.8) is 0 Å². The molecule has 1 atom stereocenters. The van der Waals surface area contributed by atoms with E-state index in [1.807, 2.05) is 0 Å². The van der Waals surface area contributed by atoms with Crippen molar-refractivity contribution in [1.29, 1.82) is 0 Å². The van der Waals surface area contributed by atoms with Gasteiger partial charge in [0.05, 0.1) is 6.54 Å². The summed E-state index contributed by atoms with van der Waals surface area (Å²) in [6.07, 6.45) is 0. The third-order valence-corrected chi connectivity index (χ3v) is 6.88. The van der Waals surface area contributed by atoms with Gasteiger partial charge in [0.1, 0.15) is 11.1 Å². The van der Waals surface area contributed by atoms with Gasteiger partial charge >= 0.3 is 0 Å². The van der Waals surface area contributed by atoms with Crippen LogP contribution in [0, 0.1) is 0 Å². The lowest BCUT2D eigenvalue weighted by Crippen LogP contribution is -2.49. The summed E-state index contributed by atoms with van der Waals surface area (Å²) in [5, 5.41) is 8.66. The molecule has 1 heterocycles. The molecule has 1 aliphatic rings. The van der Waals surface area contributed by atoms with Crippen LogP contribution >= 0.6 is 11.8 Å². The second-order valence-electron chi connectivity index (χ2n) is 4.92. The Balaban J connectivity index is 2.12. The number of benzene rings is 1. The first-order chi connectivity index (χ1) is 9.94. The van der Waals surface area contributed by atoms with Gasteiger partial charge in [0.2, 0.25) is 0 Å². The van der Waals surface area contributed by atoms with Gasteiger partial charge in [-0.2, -0.15) is 11.8 Å². The smallest absolute Gasteiger partial charge is 0.176 e. The highest BCUT2D eigenvalue weighted by molar-refractivity contribution is 8.01. The molecule has 2 rings (SSSR count). The fourth-order valence-corrected chi connectivity index (χ4v) is 5.32. The van der Waals surface area contributed by atoms with E-state index in [9.17, 15) is 18.3 Å². The minimum atomic E-state index is -3.19. The molecule has 5 nitrogen and oxygen atoms in total. The first kappa shape index (κ1) is 16.3. The van der Waals surface area contributed by atoms with Crippen molar-refractivity contribution >= 4 is 27.4 Å². The number of carbonyl (C=O) groups excluding carboxylic acids is 1. The molecule has 1 unspecified atom stereocenters. The molecule has 1 aromatic rings. The number of ketones is 1.